The fraction of sp³-hybridized carbons (Fsp3) is 0.625. The Morgan fingerprint density at radius 2 is 2.10 bits per heavy atom. The molecule has 108 valence electrons. The van der Waals surface area contributed by atoms with Crippen molar-refractivity contribution >= 4 is 17.2 Å². The second-order valence-electron chi connectivity index (χ2n) is 6.20. The van der Waals surface area contributed by atoms with Gasteiger partial charge in [-0.15, -0.1) is 0 Å². The lowest BCUT2D eigenvalue weighted by atomic mass is 9.75. The number of nitrogens with zero attached hydrogens (tertiary/aromatic N) is 2. The maximum absolute atomic E-state index is 5.78. The average Bonchev–Trinajstić information content (AvgIpc) is 2.47. The molecule has 0 radical (unpaired) electrons. The molecule has 1 saturated heterocycles. The molecule has 0 spiro atoms. The largest absolute Gasteiger partial charge is 0.388 e. The minimum Gasteiger partial charge on any atom is -0.388 e. The van der Waals surface area contributed by atoms with E-state index in [4.69, 9.17) is 18.0 Å². The number of piperidine rings is 1. The van der Waals surface area contributed by atoms with Crippen LogP contribution in [0.15, 0.2) is 18.3 Å². The fourth-order valence-corrected chi connectivity index (χ4v) is 4.03. The van der Waals surface area contributed by atoms with Gasteiger partial charge >= 0.3 is 0 Å². The number of thiocarbonyl (C=S) groups is 1. The first-order valence-corrected chi connectivity index (χ1v) is 8.11. The van der Waals surface area contributed by atoms with Crippen LogP contribution in [0.4, 0.5) is 0 Å². The van der Waals surface area contributed by atoms with Crippen LogP contribution in [0.3, 0.4) is 0 Å². The Balaban J connectivity index is 1.68. The molecule has 2 atom stereocenters. The van der Waals surface area contributed by atoms with Crippen LogP contribution >= 0.6 is 12.2 Å². The van der Waals surface area contributed by atoms with Crippen LogP contribution in [-0.4, -0.2) is 28.0 Å². The van der Waals surface area contributed by atoms with Gasteiger partial charge in [0.2, 0.25) is 0 Å². The van der Waals surface area contributed by atoms with E-state index in [9.17, 15) is 0 Å². The van der Waals surface area contributed by atoms with Crippen LogP contribution in [-0.2, 0) is 6.54 Å². The van der Waals surface area contributed by atoms with Gasteiger partial charge in [0.15, 0.2) is 0 Å². The van der Waals surface area contributed by atoms with Gasteiger partial charge < -0.3 is 5.73 Å². The Bertz CT molecular complexity index is 488. The second kappa shape index (κ2) is 6.19. The van der Waals surface area contributed by atoms with Gasteiger partial charge in [-0.05, 0) is 42.9 Å². The predicted molar refractivity (Wildman–Crippen MR) is 85.5 cm³/mol. The summed E-state index contributed by atoms with van der Waals surface area (Å²) in [4.78, 5) is 7.30. The van der Waals surface area contributed by atoms with Crippen molar-refractivity contribution < 1.29 is 0 Å². The van der Waals surface area contributed by atoms with Crippen molar-refractivity contribution in [1.29, 1.82) is 0 Å². The normalized spacial score (nSPS) is 27.0. The Kier molecular flexibility index (Phi) is 4.32. The molecule has 4 heteroatoms. The van der Waals surface area contributed by atoms with Gasteiger partial charge in [0, 0.05) is 19.3 Å². The van der Waals surface area contributed by atoms with Gasteiger partial charge in [-0.1, -0.05) is 37.5 Å². The van der Waals surface area contributed by atoms with Crippen molar-refractivity contribution in [2.45, 2.75) is 38.6 Å². The number of hydrogen-bond acceptors (Lipinski definition) is 3. The maximum Gasteiger partial charge on any atom is 0.123 e. The topological polar surface area (TPSA) is 42.1 Å². The van der Waals surface area contributed by atoms with Crippen LogP contribution < -0.4 is 5.73 Å². The zero-order valence-electron chi connectivity index (χ0n) is 11.9. The van der Waals surface area contributed by atoms with E-state index in [0.717, 1.165) is 24.1 Å². The van der Waals surface area contributed by atoms with E-state index in [1.54, 1.807) is 6.20 Å². The molecule has 1 aromatic heterocycles. The quantitative estimate of drug-likeness (QED) is 0.869. The number of fused-ring (bicyclic) bond motifs is 1. The summed E-state index contributed by atoms with van der Waals surface area (Å²) in [5.41, 5.74) is 7.75. The lowest BCUT2D eigenvalue weighted by Crippen LogP contribution is -2.41. The van der Waals surface area contributed by atoms with Crippen molar-refractivity contribution in [3.63, 3.8) is 0 Å². The zero-order valence-corrected chi connectivity index (χ0v) is 12.7. The van der Waals surface area contributed by atoms with E-state index in [1.807, 2.05) is 6.07 Å². The van der Waals surface area contributed by atoms with Crippen LogP contribution in [0.2, 0.25) is 0 Å². The number of rotatable bonds is 3. The lowest BCUT2D eigenvalue weighted by molar-refractivity contribution is 0.0819. The van der Waals surface area contributed by atoms with Gasteiger partial charge in [0.1, 0.15) is 10.7 Å². The first-order chi connectivity index (χ1) is 9.74. The third-order valence-corrected chi connectivity index (χ3v) is 5.09. The summed E-state index contributed by atoms with van der Waals surface area (Å²) in [6.45, 7) is 3.37. The molecular weight excluding hydrogens is 266 g/mol. The highest BCUT2D eigenvalue weighted by atomic mass is 32.1. The summed E-state index contributed by atoms with van der Waals surface area (Å²) in [6.07, 6.45) is 8.84. The van der Waals surface area contributed by atoms with Crippen LogP contribution in [0.1, 0.15) is 43.4 Å². The van der Waals surface area contributed by atoms with Gasteiger partial charge in [0.25, 0.3) is 0 Å². The molecule has 2 heterocycles. The van der Waals surface area contributed by atoms with Crippen molar-refractivity contribution in [2.24, 2.45) is 17.6 Å². The maximum atomic E-state index is 5.78. The molecule has 2 aliphatic rings. The van der Waals surface area contributed by atoms with Crippen LogP contribution in [0.25, 0.3) is 0 Å². The van der Waals surface area contributed by atoms with Gasteiger partial charge in [0.05, 0.1) is 0 Å². The fourth-order valence-electron chi connectivity index (χ4n) is 3.85. The van der Waals surface area contributed by atoms with Crippen molar-refractivity contribution in [2.75, 3.05) is 13.1 Å². The van der Waals surface area contributed by atoms with Crippen molar-refractivity contribution in [1.82, 2.24) is 9.88 Å². The molecule has 2 N–H and O–H groups in total. The third kappa shape index (κ3) is 3.01. The third-order valence-electron chi connectivity index (χ3n) is 4.89. The van der Waals surface area contributed by atoms with Crippen molar-refractivity contribution in [3.05, 3.63) is 29.6 Å². The molecule has 0 aromatic carbocycles. The molecule has 1 aliphatic heterocycles. The Morgan fingerprint density at radius 1 is 1.30 bits per heavy atom. The van der Waals surface area contributed by atoms with Gasteiger partial charge in [-0.3, -0.25) is 9.88 Å². The number of nitrogens with two attached hydrogens (primary N) is 1. The van der Waals surface area contributed by atoms with E-state index in [0.29, 0.717) is 4.99 Å². The monoisotopic (exact) mass is 289 g/mol. The molecule has 3 nitrogen and oxygen atoms in total. The molecule has 2 fully saturated rings. The molecule has 2 unspecified atom stereocenters. The lowest BCUT2D eigenvalue weighted by Gasteiger charge is -2.41. The Morgan fingerprint density at radius 3 is 2.90 bits per heavy atom. The Labute approximate surface area is 126 Å². The molecule has 20 heavy (non-hydrogen) atoms. The molecule has 1 aliphatic carbocycles. The molecule has 1 saturated carbocycles. The number of hydrogen-bond donors (Lipinski definition) is 1. The summed E-state index contributed by atoms with van der Waals surface area (Å²) in [7, 11) is 0. The molecule has 0 bridgehead atoms. The van der Waals surface area contributed by atoms with E-state index < -0.39 is 0 Å². The van der Waals surface area contributed by atoms with E-state index in [2.05, 4.69) is 16.0 Å². The number of aromatic nitrogens is 1. The van der Waals surface area contributed by atoms with Gasteiger partial charge in [-0.2, -0.15) is 0 Å². The minimum atomic E-state index is 0.410. The summed E-state index contributed by atoms with van der Waals surface area (Å²) >= 11 is 5.11. The smallest absolute Gasteiger partial charge is 0.123 e. The molecule has 0 amide bonds. The standard InChI is InChI=1S/C16H23N3S/c17-16(20)15-14(6-3-8-18-15)11-19-9-7-12-4-1-2-5-13(12)10-19/h3,6,8,12-13H,1-2,4-5,7,9-11H2,(H2,17,20). The highest BCUT2D eigenvalue weighted by Crippen LogP contribution is 2.36. The average molecular weight is 289 g/mol. The van der Waals surface area contributed by atoms with Crippen LogP contribution in [0.5, 0.6) is 0 Å². The molecular formula is C16H23N3S. The second-order valence-corrected chi connectivity index (χ2v) is 6.64. The highest BCUT2D eigenvalue weighted by Gasteiger charge is 2.31. The summed E-state index contributed by atoms with van der Waals surface area (Å²) in [5.74, 6) is 1.88. The summed E-state index contributed by atoms with van der Waals surface area (Å²) < 4.78 is 0. The van der Waals surface area contributed by atoms with E-state index in [1.165, 1.54) is 50.8 Å². The van der Waals surface area contributed by atoms with E-state index in [-0.39, 0.29) is 0 Å². The predicted octanol–water partition coefficient (Wildman–Crippen LogP) is 2.73. The summed E-state index contributed by atoms with van der Waals surface area (Å²) in [6, 6.07) is 4.08. The van der Waals surface area contributed by atoms with Gasteiger partial charge in [-0.25, -0.2) is 0 Å². The van der Waals surface area contributed by atoms with Crippen molar-refractivity contribution in [3.8, 4) is 0 Å². The minimum absolute atomic E-state index is 0.410. The number of likely N-dealkylation sites (tertiary alicyclic amines) is 1. The highest BCUT2D eigenvalue weighted by molar-refractivity contribution is 7.80. The summed E-state index contributed by atoms with van der Waals surface area (Å²) in [5, 5.41) is 0. The zero-order chi connectivity index (χ0) is 13.9. The first kappa shape index (κ1) is 14.0. The first-order valence-electron chi connectivity index (χ1n) is 7.70. The Hall–Kier alpha value is -1.00. The molecule has 1 aromatic rings. The molecule has 3 rings (SSSR count). The van der Waals surface area contributed by atoms with Crippen LogP contribution in [0, 0.1) is 11.8 Å². The SMILES string of the molecule is NC(=S)c1ncccc1CN1CCC2CCCCC2C1. The number of pyridine rings is 1. The van der Waals surface area contributed by atoms with E-state index >= 15 is 0 Å².